The molecule has 5 N–H and O–H groups in total. The lowest BCUT2D eigenvalue weighted by Gasteiger charge is -2.34. The molecule has 0 bridgehead atoms. The summed E-state index contributed by atoms with van der Waals surface area (Å²) < 4.78 is 0. The van der Waals surface area contributed by atoms with E-state index in [0.29, 0.717) is 30.8 Å². The predicted molar refractivity (Wildman–Crippen MR) is 172 cm³/mol. The van der Waals surface area contributed by atoms with Crippen LogP contribution in [0.3, 0.4) is 0 Å². The zero-order chi connectivity index (χ0) is 32.4. The molecule has 232 valence electrons. The topological polar surface area (TPSA) is 149 Å². The number of fused-ring (bicyclic) bond motifs is 1. The fourth-order valence-electron chi connectivity index (χ4n) is 5.54. The number of aromatic amines is 1. The molecule has 0 aliphatic carbocycles. The Morgan fingerprint density at radius 2 is 1.67 bits per heavy atom. The van der Waals surface area contributed by atoms with Crippen LogP contribution < -0.4 is 21.3 Å². The van der Waals surface area contributed by atoms with Crippen molar-refractivity contribution in [3.63, 3.8) is 0 Å². The van der Waals surface area contributed by atoms with Gasteiger partial charge in [-0.05, 0) is 42.4 Å². The highest BCUT2D eigenvalue weighted by Gasteiger charge is 2.34. The average Bonchev–Trinajstić information content (AvgIpc) is 3.67. The van der Waals surface area contributed by atoms with Crippen LogP contribution >= 0.6 is 0 Å². The SMILES string of the molecule is CC(C)(C)[C@H](NC(=O)c1cc2ccccc2[nH]1)C(=C=O)N[C@@H](Cc1ccccc1)C(=C=O)N[C@H](C=C=O)C[C@@H]1CCNC1=C=O. The van der Waals surface area contributed by atoms with Crippen molar-refractivity contribution in [3.05, 3.63) is 95.1 Å². The van der Waals surface area contributed by atoms with Crippen molar-refractivity contribution in [2.24, 2.45) is 11.3 Å². The number of amides is 1. The van der Waals surface area contributed by atoms with Crippen molar-refractivity contribution < 1.29 is 24.0 Å². The van der Waals surface area contributed by atoms with E-state index in [0.717, 1.165) is 16.5 Å². The molecule has 0 spiro atoms. The highest BCUT2D eigenvalue weighted by molar-refractivity contribution is 5.98. The van der Waals surface area contributed by atoms with Crippen molar-refractivity contribution >= 4 is 40.6 Å². The minimum atomic E-state index is -0.824. The van der Waals surface area contributed by atoms with Gasteiger partial charge in [0.25, 0.3) is 5.91 Å². The van der Waals surface area contributed by atoms with Gasteiger partial charge >= 0.3 is 0 Å². The van der Waals surface area contributed by atoms with Crippen LogP contribution in [0.2, 0.25) is 0 Å². The summed E-state index contributed by atoms with van der Waals surface area (Å²) in [7, 11) is 0. The minimum absolute atomic E-state index is 0.0380. The first kappa shape index (κ1) is 32.6. The minimum Gasteiger partial charge on any atom is -0.379 e. The molecule has 10 nitrogen and oxygen atoms in total. The van der Waals surface area contributed by atoms with E-state index in [4.69, 9.17) is 0 Å². The van der Waals surface area contributed by atoms with Crippen molar-refractivity contribution in [3.8, 4) is 0 Å². The number of carbonyl (C=O) groups is 1. The zero-order valence-corrected chi connectivity index (χ0v) is 25.5. The second-order valence-corrected chi connectivity index (χ2v) is 12.2. The van der Waals surface area contributed by atoms with Gasteiger partial charge in [-0.2, -0.15) is 0 Å². The summed E-state index contributed by atoms with van der Waals surface area (Å²) in [6, 6.07) is 16.3. The van der Waals surface area contributed by atoms with Crippen LogP contribution in [0, 0.1) is 11.3 Å². The number of benzene rings is 2. The van der Waals surface area contributed by atoms with E-state index in [2.05, 4.69) is 26.3 Å². The quantitative estimate of drug-likeness (QED) is 0.186. The molecule has 0 unspecified atom stereocenters. The van der Waals surface area contributed by atoms with E-state index in [1.54, 1.807) is 12.0 Å². The molecule has 2 aromatic carbocycles. The highest BCUT2D eigenvalue weighted by atomic mass is 16.2. The van der Waals surface area contributed by atoms with Crippen LogP contribution in [0.1, 0.15) is 49.7 Å². The third-order valence-electron chi connectivity index (χ3n) is 7.86. The molecule has 1 saturated heterocycles. The number of H-pyrrole nitrogens is 1. The summed E-state index contributed by atoms with van der Waals surface area (Å²) in [6.45, 7) is 6.23. The Kier molecular flexibility index (Phi) is 10.8. The number of hydrogen-bond donors (Lipinski definition) is 5. The lowest BCUT2D eigenvalue weighted by atomic mass is 9.84. The van der Waals surface area contributed by atoms with E-state index in [9.17, 15) is 24.0 Å². The summed E-state index contributed by atoms with van der Waals surface area (Å²) in [5.74, 6) is 7.03. The fourth-order valence-corrected chi connectivity index (χ4v) is 5.54. The van der Waals surface area contributed by atoms with Gasteiger partial charge in [-0.3, -0.25) is 4.79 Å². The lowest BCUT2D eigenvalue weighted by molar-refractivity contribution is 0.0909. The van der Waals surface area contributed by atoms with E-state index < -0.39 is 29.4 Å². The van der Waals surface area contributed by atoms with E-state index in [-0.39, 0.29) is 23.7 Å². The Morgan fingerprint density at radius 1 is 0.956 bits per heavy atom. The predicted octanol–water partition coefficient (Wildman–Crippen LogP) is 3.01. The maximum absolute atomic E-state index is 13.4. The Balaban J connectivity index is 1.62. The smallest absolute Gasteiger partial charge is 0.268 e. The summed E-state index contributed by atoms with van der Waals surface area (Å²) in [5.41, 5.74) is 1.86. The normalized spacial score (nSPS) is 16.1. The molecular formula is C35H37N5O5. The van der Waals surface area contributed by atoms with Gasteiger partial charge in [0.2, 0.25) is 0 Å². The molecule has 2 heterocycles. The second kappa shape index (κ2) is 14.9. The Labute approximate surface area is 261 Å². The third-order valence-corrected chi connectivity index (χ3v) is 7.86. The molecule has 0 saturated carbocycles. The third kappa shape index (κ3) is 8.39. The first-order chi connectivity index (χ1) is 21.7. The first-order valence-electron chi connectivity index (χ1n) is 14.8. The van der Waals surface area contributed by atoms with Crippen LogP contribution in [-0.2, 0) is 25.6 Å². The number of aromatic nitrogens is 1. The van der Waals surface area contributed by atoms with Crippen LogP contribution in [0.25, 0.3) is 10.9 Å². The maximum Gasteiger partial charge on any atom is 0.268 e. The van der Waals surface area contributed by atoms with Crippen molar-refractivity contribution in [2.75, 3.05) is 6.54 Å². The lowest BCUT2D eigenvalue weighted by Crippen LogP contribution is -2.52. The molecule has 45 heavy (non-hydrogen) atoms. The monoisotopic (exact) mass is 607 g/mol. The second-order valence-electron chi connectivity index (χ2n) is 12.2. The van der Waals surface area contributed by atoms with Crippen molar-refractivity contribution in [1.82, 2.24) is 26.3 Å². The molecule has 3 aromatic rings. The Hall–Kier alpha value is -5.35. The van der Waals surface area contributed by atoms with Crippen molar-refractivity contribution in [1.29, 1.82) is 0 Å². The fraction of sp³-hybridized carbons (Fsp3) is 0.343. The number of carbonyl (C=O) groups excluding carboxylic acids is 5. The molecule has 1 fully saturated rings. The van der Waals surface area contributed by atoms with Crippen LogP contribution in [-0.4, -0.2) is 59.3 Å². The molecule has 1 aliphatic heterocycles. The summed E-state index contributed by atoms with van der Waals surface area (Å²) in [5, 5.41) is 13.1. The van der Waals surface area contributed by atoms with Crippen molar-refractivity contribution in [2.45, 2.75) is 58.2 Å². The number of allylic oxidation sites excluding steroid dienone is 1. The zero-order valence-electron chi connectivity index (χ0n) is 25.5. The standard InChI is InChI=1S/C35H37N5O5/c1-35(2,3)33(40-34(45)29-19-24-11-7-8-12-27(24)38-29)32(22-44)39-28(17-23-9-5-4-6-10-23)31(21-43)37-26(14-16-41)18-25-13-15-36-30(25)20-42/h4-12,14,19,25-26,28,33,36-39H,13,15,17-18H2,1-3H3,(H,40,45)/t25-,26+,28-,33+/m0/s1. The van der Waals surface area contributed by atoms with Crippen LogP contribution in [0.4, 0.5) is 0 Å². The van der Waals surface area contributed by atoms with Gasteiger partial charge < -0.3 is 26.3 Å². The number of hydrogen-bond acceptors (Lipinski definition) is 8. The summed E-state index contributed by atoms with van der Waals surface area (Å²) >= 11 is 0. The summed E-state index contributed by atoms with van der Waals surface area (Å²) in [6.07, 6.45) is 2.52. The molecule has 1 aliphatic rings. The van der Waals surface area contributed by atoms with E-state index >= 15 is 0 Å². The molecule has 10 heteroatoms. The summed E-state index contributed by atoms with van der Waals surface area (Å²) in [4.78, 5) is 64.4. The maximum atomic E-state index is 13.4. The van der Waals surface area contributed by atoms with Gasteiger partial charge in [0.15, 0.2) is 0 Å². The number of nitrogens with one attached hydrogen (secondary N) is 5. The largest absolute Gasteiger partial charge is 0.379 e. The number of rotatable bonds is 13. The van der Waals surface area contributed by atoms with E-state index in [1.165, 1.54) is 6.08 Å². The molecule has 4 atom stereocenters. The average molecular weight is 608 g/mol. The van der Waals surface area contributed by atoms with Crippen LogP contribution in [0.15, 0.2) is 83.8 Å². The van der Waals surface area contributed by atoms with Gasteiger partial charge in [-0.25, -0.2) is 19.2 Å². The van der Waals surface area contributed by atoms with E-state index in [1.807, 2.05) is 93.2 Å². The van der Waals surface area contributed by atoms with Gasteiger partial charge in [0.1, 0.15) is 40.9 Å². The van der Waals surface area contributed by atoms with Gasteiger partial charge in [0, 0.05) is 29.4 Å². The molecule has 0 radical (unpaired) electrons. The highest BCUT2D eigenvalue weighted by Crippen LogP contribution is 2.26. The number of para-hydroxylation sites is 1. The first-order valence-corrected chi connectivity index (χ1v) is 14.8. The molecule has 1 aromatic heterocycles. The van der Waals surface area contributed by atoms with Gasteiger partial charge in [0.05, 0.1) is 23.8 Å². The Bertz CT molecular complexity index is 1680. The molecular weight excluding hydrogens is 570 g/mol. The molecule has 4 rings (SSSR count). The van der Waals surface area contributed by atoms with Gasteiger partial charge in [-0.15, -0.1) is 0 Å². The Morgan fingerprint density at radius 3 is 2.31 bits per heavy atom. The van der Waals surface area contributed by atoms with Gasteiger partial charge in [-0.1, -0.05) is 69.3 Å². The molecule has 1 amide bonds. The van der Waals surface area contributed by atoms with Crippen LogP contribution in [0.5, 0.6) is 0 Å².